The number of hydrogen-bond acceptors (Lipinski definition) is 3. The number of anilines is 1. The number of nitrogen functional groups attached to an aromatic ring is 1. The van der Waals surface area contributed by atoms with Gasteiger partial charge >= 0.3 is 0 Å². The molecule has 3 aromatic heterocycles. The number of H-pyrrole nitrogens is 1. The van der Waals surface area contributed by atoms with Gasteiger partial charge < -0.3 is 10.7 Å². The smallest absolute Gasteiger partial charge is 0.140 e. The topological polar surface area (TPSA) is 67.6 Å². The lowest BCUT2D eigenvalue weighted by Gasteiger charge is -2.06. The average Bonchev–Trinajstić information content (AvgIpc) is 3.00. The lowest BCUT2D eigenvalue weighted by molar-refractivity contribution is 1.12. The molecule has 0 saturated carbocycles. The van der Waals surface area contributed by atoms with E-state index >= 15 is 0 Å². The Hall–Kier alpha value is -2.41. The summed E-state index contributed by atoms with van der Waals surface area (Å²) in [6.07, 6.45) is 4.49. The fraction of sp³-hybridized carbons (Fsp3) is 0.100. The number of nitrogens with zero attached hydrogens (tertiary/aromatic N) is 2. The van der Waals surface area contributed by atoms with Gasteiger partial charge in [-0.25, -0.2) is 4.98 Å². The zero-order valence-electron chi connectivity index (χ0n) is 13.8. The van der Waals surface area contributed by atoms with Gasteiger partial charge in [0, 0.05) is 26.9 Å². The first kappa shape index (κ1) is 16.1. The molecule has 0 fully saturated rings. The Kier molecular flexibility index (Phi) is 4.17. The van der Waals surface area contributed by atoms with Crippen LogP contribution in [0.3, 0.4) is 0 Å². The van der Waals surface area contributed by atoms with Crippen molar-refractivity contribution in [3.63, 3.8) is 0 Å². The van der Waals surface area contributed by atoms with Crippen LogP contribution in [0.2, 0.25) is 0 Å². The lowest BCUT2D eigenvalue weighted by atomic mass is 9.99. The second-order valence-electron chi connectivity index (χ2n) is 5.90. The number of aromatic amines is 1. The van der Waals surface area contributed by atoms with E-state index in [1.807, 2.05) is 24.5 Å². The number of fused-ring (bicyclic) bond motifs is 1. The van der Waals surface area contributed by atoms with Crippen LogP contribution in [0.25, 0.3) is 33.4 Å². The molecule has 0 atom stereocenters. The highest BCUT2D eigenvalue weighted by Gasteiger charge is 2.17. The summed E-state index contributed by atoms with van der Waals surface area (Å²) in [5.41, 5.74) is 12.4. The number of pyridine rings is 2. The van der Waals surface area contributed by atoms with Crippen LogP contribution in [0.1, 0.15) is 12.5 Å². The van der Waals surface area contributed by atoms with E-state index in [2.05, 4.69) is 74.8 Å². The molecule has 0 unspecified atom stereocenters. The van der Waals surface area contributed by atoms with Crippen LogP contribution in [-0.2, 0) is 6.42 Å². The highest BCUT2D eigenvalue weighted by atomic mass is 127. The SMILES string of the molecule is CCc1cc2c(-c3ccncc3)c(-c3ccc(I)cc3)[nH]c2nc1N. The minimum Gasteiger partial charge on any atom is -0.383 e. The molecule has 0 aliphatic heterocycles. The van der Waals surface area contributed by atoms with Crippen molar-refractivity contribution >= 4 is 39.4 Å². The molecule has 4 rings (SSSR count). The molecule has 0 saturated heterocycles. The van der Waals surface area contributed by atoms with Gasteiger partial charge in [0.05, 0.1) is 5.69 Å². The van der Waals surface area contributed by atoms with Gasteiger partial charge in [-0.15, -0.1) is 0 Å². The molecular weight excluding hydrogens is 423 g/mol. The summed E-state index contributed by atoms with van der Waals surface area (Å²) in [5.74, 6) is 0.590. The number of halogens is 1. The van der Waals surface area contributed by atoms with Crippen LogP contribution >= 0.6 is 22.6 Å². The van der Waals surface area contributed by atoms with E-state index in [-0.39, 0.29) is 0 Å². The summed E-state index contributed by atoms with van der Waals surface area (Å²) in [4.78, 5) is 12.2. The monoisotopic (exact) mass is 440 g/mol. The average molecular weight is 440 g/mol. The first-order chi connectivity index (χ1) is 12.2. The van der Waals surface area contributed by atoms with Crippen molar-refractivity contribution in [3.8, 4) is 22.4 Å². The Morgan fingerprint density at radius 1 is 1.04 bits per heavy atom. The molecule has 0 radical (unpaired) electrons. The predicted molar refractivity (Wildman–Crippen MR) is 111 cm³/mol. The van der Waals surface area contributed by atoms with Crippen molar-refractivity contribution in [2.45, 2.75) is 13.3 Å². The molecule has 0 aliphatic rings. The van der Waals surface area contributed by atoms with E-state index in [0.717, 1.165) is 45.4 Å². The van der Waals surface area contributed by atoms with Gasteiger partial charge in [0.1, 0.15) is 11.5 Å². The zero-order valence-corrected chi connectivity index (χ0v) is 15.9. The van der Waals surface area contributed by atoms with E-state index in [1.165, 1.54) is 3.57 Å². The predicted octanol–water partition coefficient (Wildman–Crippen LogP) is 5.04. The summed E-state index contributed by atoms with van der Waals surface area (Å²) < 4.78 is 1.21. The van der Waals surface area contributed by atoms with Gasteiger partial charge in [-0.05, 0) is 76.0 Å². The van der Waals surface area contributed by atoms with Crippen molar-refractivity contribution in [2.24, 2.45) is 0 Å². The molecule has 0 aliphatic carbocycles. The molecule has 0 amide bonds. The summed E-state index contributed by atoms with van der Waals surface area (Å²) >= 11 is 2.32. The largest absolute Gasteiger partial charge is 0.383 e. The van der Waals surface area contributed by atoms with E-state index in [9.17, 15) is 0 Å². The number of nitrogens with one attached hydrogen (secondary N) is 1. The lowest BCUT2D eigenvalue weighted by Crippen LogP contribution is -1.96. The van der Waals surface area contributed by atoms with Crippen molar-refractivity contribution in [1.82, 2.24) is 15.0 Å². The molecule has 3 N–H and O–H groups in total. The van der Waals surface area contributed by atoms with Crippen molar-refractivity contribution in [3.05, 3.63) is 64.0 Å². The Balaban J connectivity index is 2.06. The number of benzene rings is 1. The van der Waals surface area contributed by atoms with E-state index in [1.54, 1.807) is 0 Å². The molecule has 0 bridgehead atoms. The standard InChI is InChI=1S/C20H17IN4/c1-2-12-11-16-17(13-7-9-23-10-8-13)18(24-20(16)25-19(12)22)14-3-5-15(21)6-4-14/h3-11H,2H2,1H3,(H3,22,24,25). The number of aryl methyl sites for hydroxylation is 1. The fourth-order valence-electron chi connectivity index (χ4n) is 3.11. The molecule has 5 heteroatoms. The van der Waals surface area contributed by atoms with Crippen molar-refractivity contribution in [1.29, 1.82) is 0 Å². The van der Waals surface area contributed by atoms with Gasteiger partial charge in [0.2, 0.25) is 0 Å². The Bertz CT molecular complexity index is 1040. The molecule has 25 heavy (non-hydrogen) atoms. The van der Waals surface area contributed by atoms with Crippen LogP contribution in [0.5, 0.6) is 0 Å². The van der Waals surface area contributed by atoms with Crippen LogP contribution in [0.4, 0.5) is 5.82 Å². The number of aromatic nitrogens is 3. The highest BCUT2D eigenvalue weighted by molar-refractivity contribution is 14.1. The van der Waals surface area contributed by atoms with Crippen LogP contribution in [0, 0.1) is 3.57 Å². The molecule has 124 valence electrons. The first-order valence-corrected chi connectivity index (χ1v) is 9.22. The van der Waals surface area contributed by atoms with Crippen LogP contribution < -0.4 is 5.73 Å². The quantitative estimate of drug-likeness (QED) is 0.439. The molecule has 4 nitrogen and oxygen atoms in total. The van der Waals surface area contributed by atoms with Gasteiger partial charge in [-0.3, -0.25) is 4.98 Å². The molecule has 3 heterocycles. The van der Waals surface area contributed by atoms with Crippen LogP contribution in [-0.4, -0.2) is 15.0 Å². The zero-order chi connectivity index (χ0) is 17.4. The normalized spacial score (nSPS) is 11.1. The Labute approximate surface area is 159 Å². The molecular formula is C20H17IN4. The van der Waals surface area contributed by atoms with Gasteiger partial charge in [-0.2, -0.15) is 0 Å². The molecule has 1 aromatic carbocycles. The highest BCUT2D eigenvalue weighted by Crippen LogP contribution is 2.38. The van der Waals surface area contributed by atoms with Crippen LogP contribution in [0.15, 0.2) is 54.9 Å². The minimum absolute atomic E-state index is 0.590. The molecule has 4 aromatic rings. The number of rotatable bonds is 3. The maximum Gasteiger partial charge on any atom is 0.140 e. The second kappa shape index (κ2) is 6.48. The van der Waals surface area contributed by atoms with Gasteiger partial charge in [-0.1, -0.05) is 19.1 Å². The number of hydrogen-bond donors (Lipinski definition) is 2. The first-order valence-electron chi connectivity index (χ1n) is 8.14. The van der Waals surface area contributed by atoms with Gasteiger partial charge in [0.25, 0.3) is 0 Å². The van der Waals surface area contributed by atoms with E-state index < -0.39 is 0 Å². The van der Waals surface area contributed by atoms with Crippen molar-refractivity contribution in [2.75, 3.05) is 5.73 Å². The second-order valence-corrected chi connectivity index (χ2v) is 7.15. The maximum atomic E-state index is 6.11. The summed E-state index contributed by atoms with van der Waals surface area (Å²) in [6, 6.07) is 14.7. The van der Waals surface area contributed by atoms with E-state index in [0.29, 0.717) is 5.82 Å². The third kappa shape index (κ3) is 2.89. The third-order valence-electron chi connectivity index (χ3n) is 4.38. The summed E-state index contributed by atoms with van der Waals surface area (Å²) in [6.45, 7) is 2.10. The molecule has 0 spiro atoms. The summed E-state index contributed by atoms with van der Waals surface area (Å²) in [5, 5.41) is 1.09. The van der Waals surface area contributed by atoms with Crippen molar-refractivity contribution < 1.29 is 0 Å². The number of nitrogens with two attached hydrogens (primary N) is 1. The Morgan fingerprint density at radius 3 is 2.44 bits per heavy atom. The maximum absolute atomic E-state index is 6.11. The summed E-state index contributed by atoms with van der Waals surface area (Å²) in [7, 11) is 0. The fourth-order valence-corrected chi connectivity index (χ4v) is 3.46. The Morgan fingerprint density at radius 2 is 1.76 bits per heavy atom. The van der Waals surface area contributed by atoms with E-state index in [4.69, 9.17) is 5.73 Å². The minimum atomic E-state index is 0.590. The van der Waals surface area contributed by atoms with Gasteiger partial charge in [0.15, 0.2) is 0 Å². The third-order valence-corrected chi connectivity index (χ3v) is 5.10.